The number of aromatic nitrogens is 1. The van der Waals surface area contributed by atoms with Gasteiger partial charge in [-0.2, -0.15) is 0 Å². The number of rotatable bonds is 11. The molecule has 1 aliphatic rings. The summed E-state index contributed by atoms with van der Waals surface area (Å²) in [5.74, 6) is 2.96. The number of halogens is 4. The maximum absolute atomic E-state index is 13.0. The van der Waals surface area contributed by atoms with Crippen LogP contribution in [0.1, 0.15) is 22.3 Å². The van der Waals surface area contributed by atoms with E-state index in [2.05, 4.69) is 22.0 Å². The van der Waals surface area contributed by atoms with Crippen LogP contribution in [-0.4, -0.2) is 46.9 Å². The number of benzene rings is 4. The van der Waals surface area contributed by atoms with Gasteiger partial charge in [0, 0.05) is 60.5 Å². The lowest BCUT2D eigenvalue weighted by Gasteiger charge is -2.34. The van der Waals surface area contributed by atoms with Gasteiger partial charge in [0.1, 0.15) is 23.9 Å². The van der Waals surface area contributed by atoms with E-state index >= 15 is 0 Å². The fourth-order valence-corrected chi connectivity index (χ4v) is 5.97. The van der Waals surface area contributed by atoms with Crippen LogP contribution >= 0.6 is 47.2 Å². The van der Waals surface area contributed by atoms with E-state index in [0.717, 1.165) is 47.8 Å². The summed E-state index contributed by atoms with van der Waals surface area (Å²) in [5.41, 5.74) is 3.70. The van der Waals surface area contributed by atoms with Crippen LogP contribution in [0.3, 0.4) is 0 Å². The highest BCUT2D eigenvalue weighted by molar-refractivity contribution is 6.32. The second-order valence-electron chi connectivity index (χ2n) is 11.6. The van der Waals surface area contributed by atoms with E-state index in [0.29, 0.717) is 52.1 Å². The molecule has 7 nitrogen and oxygen atoms in total. The summed E-state index contributed by atoms with van der Waals surface area (Å²) >= 11 is 18.8. The van der Waals surface area contributed by atoms with E-state index in [1.54, 1.807) is 48.7 Å². The number of ether oxygens (including phenoxy) is 3. The lowest BCUT2D eigenvalue weighted by atomic mass is 10.1. The molecule has 5 aromatic rings. The van der Waals surface area contributed by atoms with Crippen LogP contribution in [0.5, 0.6) is 28.9 Å². The molecule has 1 amide bonds. The number of pyridine rings is 1. The Bertz CT molecular complexity index is 1890. The van der Waals surface area contributed by atoms with Crippen LogP contribution in [0.4, 0.5) is 0 Å². The summed E-state index contributed by atoms with van der Waals surface area (Å²) in [6.07, 6.45) is 4.98. The Morgan fingerprint density at radius 2 is 1.48 bits per heavy atom. The fraction of sp³-hybridized carbons (Fsp3) is 0.179. The van der Waals surface area contributed by atoms with Crippen molar-refractivity contribution in [1.29, 1.82) is 0 Å². The van der Waals surface area contributed by atoms with Crippen molar-refractivity contribution >= 4 is 59.2 Å². The monoisotopic (exact) mass is 749 g/mol. The topological polar surface area (TPSA) is 64.1 Å². The minimum atomic E-state index is -0.0292. The average Bonchev–Trinajstić information content (AvgIpc) is 3.11. The first-order valence-corrected chi connectivity index (χ1v) is 16.9. The third kappa shape index (κ3) is 10.2. The van der Waals surface area contributed by atoms with E-state index in [-0.39, 0.29) is 18.3 Å². The van der Waals surface area contributed by atoms with Crippen LogP contribution in [0, 0.1) is 6.92 Å². The van der Waals surface area contributed by atoms with Gasteiger partial charge in [0.15, 0.2) is 5.75 Å². The molecular weight excluding hydrogens is 716 g/mol. The van der Waals surface area contributed by atoms with Gasteiger partial charge in [0.25, 0.3) is 0 Å². The molecule has 1 aliphatic heterocycles. The Morgan fingerprint density at radius 1 is 0.800 bits per heavy atom. The van der Waals surface area contributed by atoms with Gasteiger partial charge in [-0.3, -0.25) is 9.69 Å². The molecule has 6 rings (SSSR count). The predicted octanol–water partition coefficient (Wildman–Crippen LogP) is 10.3. The second kappa shape index (κ2) is 17.6. The number of piperazine rings is 1. The van der Waals surface area contributed by atoms with Crippen molar-refractivity contribution in [3.63, 3.8) is 0 Å². The number of amides is 1. The highest BCUT2D eigenvalue weighted by atomic mass is 35.5. The Labute approximate surface area is 313 Å². The molecular formula is C39H35Cl4N3O4. The molecule has 4 aromatic carbocycles. The molecule has 1 saturated heterocycles. The van der Waals surface area contributed by atoms with Crippen molar-refractivity contribution in [3.8, 4) is 28.9 Å². The maximum Gasteiger partial charge on any atom is 0.246 e. The quantitative estimate of drug-likeness (QED) is 0.125. The first kappa shape index (κ1) is 37.0. The van der Waals surface area contributed by atoms with Crippen molar-refractivity contribution in [2.45, 2.75) is 20.1 Å². The van der Waals surface area contributed by atoms with E-state index in [1.165, 1.54) is 5.56 Å². The maximum atomic E-state index is 13.0. The molecule has 0 unspecified atom stereocenters. The number of hydrogen-bond donors (Lipinski definition) is 0. The summed E-state index contributed by atoms with van der Waals surface area (Å²) in [7, 11) is 0. The van der Waals surface area contributed by atoms with Gasteiger partial charge in [0.2, 0.25) is 11.8 Å². The van der Waals surface area contributed by atoms with Crippen molar-refractivity contribution in [1.82, 2.24) is 14.8 Å². The molecule has 1 fully saturated rings. The van der Waals surface area contributed by atoms with Gasteiger partial charge in [0.05, 0.1) is 11.2 Å². The summed E-state index contributed by atoms with van der Waals surface area (Å²) in [6, 6.07) is 30.1. The lowest BCUT2D eigenvalue weighted by Crippen LogP contribution is -2.47. The number of hydrogen-bond acceptors (Lipinski definition) is 6. The van der Waals surface area contributed by atoms with E-state index in [1.807, 2.05) is 66.4 Å². The molecule has 0 N–H and O–H groups in total. The molecule has 0 saturated carbocycles. The highest BCUT2D eigenvalue weighted by Crippen LogP contribution is 2.34. The molecule has 0 radical (unpaired) electrons. The van der Waals surface area contributed by atoms with Gasteiger partial charge in [-0.25, -0.2) is 4.98 Å². The smallest absolute Gasteiger partial charge is 0.246 e. The normalized spacial score (nSPS) is 13.2. The molecule has 2 heterocycles. The Hall–Kier alpha value is -4.24. The molecule has 258 valence electrons. The van der Waals surface area contributed by atoms with Gasteiger partial charge in [-0.1, -0.05) is 65.1 Å². The molecule has 0 atom stereocenters. The standard InChI is InChI=1S/C39H34Cl3N3O4.ClH/c1-27-22-29(23-36(42)39(27)49-37-16-15-34(24-43-37)47-26-30-4-2-3-5-35(30)41)8-17-38(46)45-20-18-44(19-21-45)25-28-6-11-32(12-7-28)48-33-13-9-31(40)10-14-33;/h2-17,22-24H,18-21,25-26H2,1H3;1H. The van der Waals surface area contributed by atoms with Crippen LogP contribution < -0.4 is 14.2 Å². The first-order chi connectivity index (χ1) is 23.8. The summed E-state index contributed by atoms with van der Waals surface area (Å²) in [6.45, 7) is 5.95. The van der Waals surface area contributed by atoms with E-state index in [9.17, 15) is 4.79 Å². The van der Waals surface area contributed by atoms with Gasteiger partial charge >= 0.3 is 0 Å². The highest BCUT2D eigenvalue weighted by Gasteiger charge is 2.20. The minimum Gasteiger partial charge on any atom is -0.487 e. The van der Waals surface area contributed by atoms with Crippen molar-refractivity contribution < 1.29 is 19.0 Å². The van der Waals surface area contributed by atoms with Crippen LogP contribution in [-0.2, 0) is 17.9 Å². The summed E-state index contributed by atoms with van der Waals surface area (Å²) in [4.78, 5) is 21.6. The van der Waals surface area contributed by atoms with E-state index < -0.39 is 0 Å². The molecule has 1 aromatic heterocycles. The molecule has 0 bridgehead atoms. The van der Waals surface area contributed by atoms with Crippen molar-refractivity contribution in [2.24, 2.45) is 0 Å². The number of carbonyl (C=O) groups excluding carboxylic acids is 1. The van der Waals surface area contributed by atoms with Crippen molar-refractivity contribution in [2.75, 3.05) is 26.2 Å². The molecule has 11 heteroatoms. The van der Waals surface area contributed by atoms with Crippen LogP contribution in [0.2, 0.25) is 15.1 Å². The predicted molar refractivity (Wildman–Crippen MR) is 202 cm³/mol. The zero-order valence-electron chi connectivity index (χ0n) is 27.2. The van der Waals surface area contributed by atoms with Crippen molar-refractivity contribution in [3.05, 3.63) is 147 Å². The molecule has 0 spiro atoms. The number of carbonyl (C=O) groups is 1. The lowest BCUT2D eigenvalue weighted by molar-refractivity contribution is -0.127. The molecule has 50 heavy (non-hydrogen) atoms. The third-order valence-electron chi connectivity index (χ3n) is 8.00. The van der Waals surface area contributed by atoms with Gasteiger partial charge in [-0.15, -0.1) is 12.4 Å². The Balaban J connectivity index is 0.00000486. The molecule has 0 aliphatic carbocycles. The first-order valence-electron chi connectivity index (χ1n) is 15.8. The van der Waals surface area contributed by atoms with Gasteiger partial charge in [-0.05, 0) is 90.4 Å². The zero-order chi connectivity index (χ0) is 34.2. The summed E-state index contributed by atoms with van der Waals surface area (Å²) < 4.78 is 17.7. The van der Waals surface area contributed by atoms with Crippen LogP contribution in [0.25, 0.3) is 6.08 Å². The SMILES string of the molecule is Cc1cc(C=CC(=O)N2CCN(Cc3ccc(Oc4ccc(Cl)cc4)cc3)CC2)cc(Cl)c1Oc1ccc(OCc2ccccc2Cl)cn1.Cl. The minimum absolute atomic E-state index is 0. The average molecular weight is 752 g/mol. The van der Waals surface area contributed by atoms with Gasteiger partial charge < -0.3 is 19.1 Å². The van der Waals surface area contributed by atoms with Crippen LogP contribution in [0.15, 0.2) is 109 Å². The largest absolute Gasteiger partial charge is 0.487 e. The summed E-state index contributed by atoms with van der Waals surface area (Å²) in [5, 5.41) is 1.75. The number of aryl methyl sites for hydroxylation is 1. The third-order valence-corrected chi connectivity index (χ3v) is 8.90. The zero-order valence-corrected chi connectivity index (χ0v) is 30.3. The Kier molecular flexibility index (Phi) is 13.0. The van der Waals surface area contributed by atoms with E-state index in [4.69, 9.17) is 49.0 Å². The Morgan fingerprint density at radius 3 is 2.14 bits per heavy atom. The number of nitrogens with zero attached hydrogens (tertiary/aromatic N) is 3. The second-order valence-corrected chi connectivity index (χ2v) is 12.8. The fourth-order valence-electron chi connectivity index (χ4n) is 5.34.